The zero-order valence-electron chi connectivity index (χ0n) is 10.1. The van der Waals surface area contributed by atoms with Crippen LogP contribution >= 0.6 is 0 Å². The van der Waals surface area contributed by atoms with Gasteiger partial charge in [-0.15, -0.1) is 0 Å². The number of nitrogens with one attached hydrogen (secondary N) is 1. The van der Waals surface area contributed by atoms with Crippen molar-refractivity contribution in [2.45, 2.75) is 13.0 Å². The SMILES string of the molecule is CNC(c1ncc(C)cn1)c1c(F)cccc1F. The van der Waals surface area contributed by atoms with E-state index in [0.717, 1.165) is 5.56 Å². The van der Waals surface area contributed by atoms with Crippen LogP contribution in [0, 0.1) is 18.6 Å². The van der Waals surface area contributed by atoms with Gasteiger partial charge in [-0.2, -0.15) is 0 Å². The van der Waals surface area contributed by atoms with Crippen LogP contribution in [0.5, 0.6) is 0 Å². The Morgan fingerprint density at radius 2 is 1.67 bits per heavy atom. The van der Waals surface area contributed by atoms with Gasteiger partial charge in [0, 0.05) is 18.0 Å². The molecule has 1 N–H and O–H groups in total. The number of hydrogen-bond donors (Lipinski definition) is 1. The smallest absolute Gasteiger partial charge is 0.149 e. The molecule has 0 aliphatic heterocycles. The van der Waals surface area contributed by atoms with E-state index in [-0.39, 0.29) is 5.56 Å². The molecule has 1 aromatic carbocycles. The minimum atomic E-state index is -0.702. The van der Waals surface area contributed by atoms with Crippen molar-refractivity contribution in [1.29, 1.82) is 0 Å². The van der Waals surface area contributed by atoms with Crippen molar-refractivity contribution in [2.75, 3.05) is 7.05 Å². The third kappa shape index (κ3) is 2.36. The van der Waals surface area contributed by atoms with Crippen LogP contribution in [-0.4, -0.2) is 17.0 Å². The second kappa shape index (κ2) is 5.18. The highest BCUT2D eigenvalue weighted by molar-refractivity contribution is 5.28. The molecule has 0 aliphatic carbocycles. The molecular weight excluding hydrogens is 236 g/mol. The predicted molar refractivity (Wildman–Crippen MR) is 64.0 cm³/mol. The predicted octanol–water partition coefficient (Wildman–Crippen LogP) is 2.37. The Kier molecular flexibility index (Phi) is 3.62. The van der Waals surface area contributed by atoms with Crippen molar-refractivity contribution < 1.29 is 8.78 Å². The Balaban J connectivity index is 2.48. The van der Waals surface area contributed by atoms with E-state index in [1.54, 1.807) is 19.4 Å². The molecule has 0 radical (unpaired) electrons. The molecule has 1 atom stereocenters. The van der Waals surface area contributed by atoms with Crippen molar-refractivity contribution in [2.24, 2.45) is 0 Å². The van der Waals surface area contributed by atoms with Crippen LogP contribution in [0.3, 0.4) is 0 Å². The summed E-state index contributed by atoms with van der Waals surface area (Å²) in [4.78, 5) is 8.20. The fraction of sp³-hybridized carbons (Fsp3) is 0.231. The lowest BCUT2D eigenvalue weighted by atomic mass is 10.0. The van der Waals surface area contributed by atoms with Gasteiger partial charge in [-0.1, -0.05) is 6.07 Å². The lowest BCUT2D eigenvalue weighted by Crippen LogP contribution is -2.22. The van der Waals surface area contributed by atoms with E-state index >= 15 is 0 Å². The van der Waals surface area contributed by atoms with Gasteiger partial charge in [0.25, 0.3) is 0 Å². The van der Waals surface area contributed by atoms with Crippen LogP contribution in [0.2, 0.25) is 0 Å². The van der Waals surface area contributed by atoms with E-state index in [1.807, 2.05) is 6.92 Å². The van der Waals surface area contributed by atoms with E-state index in [4.69, 9.17) is 0 Å². The molecule has 94 valence electrons. The zero-order valence-corrected chi connectivity index (χ0v) is 10.1. The molecular formula is C13H13F2N3. The molecule has 0 aliphatic rings. The third-order valence-corrected chi connectivity index (χ3v) is 2.64. The minimum absolute atomic E-state index is 0.0659. The summed E-state index contributed by atoms with van der Waals surface area (Å²) in [6.45, 7) is 1.85. The van der Waals surface area contributed by atoms with Gasteiger partial charge >= 0.3 is 0 Å². The number of benzene rings is 1. The summed E-state index contributed by atoms with van der Waals surface area (Å²) in [5.74, 6) is -0.885. The molecule has 1 heterocycles. The van der Waals surface area contributed by atoms with Gasteiger partial charge in [0.05, 0.1) is 6.04 Å². The average molecular weight is 249 g/mol. The maximum absolute atomic E-state index is 13.7. The van der Waals surface area contributed by atoms with Crippen molar-refractivity contribution in [3.8, 4) is 0 Å². The first-order valence-corrected chi connectivity index (χ1v) is 5.53. The maximum Gasteiger partial charge on any atom is 0.149 e. The van der Waals surface area contributed by atoms with E-state index in [1.165, 1.54) is 18.2 Å². The molecule has 0 saturated carbocycles. The summed E-state index contributed by atoms with van der Waals surface area (Å²) in [6, 6.07) is 3.07. The van der Waals surface area contributed by atoms with Crippen LogP contribution in [0.1, 0.15) is 23.0 Å². The normalized spacial score (nSPS) is 12.4. The van der Waals surface area contributed by atoms with Crippen molar-refractivity contribution >= 4 is 0 Å². The Bertz CT molecular complexity index is 520. The highest BCUT2D eigenvalue weighted by atomic mass is 19.1. The molecule has 0 fully saturated rings. The monoisotopic (exact) mass is 249 g/mol. The first-order chi connectivity index (χ1) is 8.63. The summed E-state index contributed by atoms with van der Waals surface area (Å²) < 4.78 is 27.4. The van der Waals surface area contributed by atoms with Crippen molar-refractivity contribution in [3.05, 3.63) is 59.2 Å². The Labute approximate surface area is 104 Å². The lowest BCUT2D eigenvalue weighted by Gasteiger charge is -2.16. The summed E-state index contributed by atoms with van der Waals surface area (Å²) in [7, 11) is 1.61. The number of rotatable bonds is 3. The fourth-order valence-electron chi connectivity index (χ4n) is 1.74. The number of aryl methyl sites for hydroxylation is 1. The summed E-state index contributed by atoms with van der Waals surface area (Å²) >= 11 is 0. The quantitative estimate of drug-likeness (QED) is 0.907. The van der Waals surface area contributed by atoms with Gasteiger partial charge in [0.1, 0.15) is 17.5 Å². The van der Waals surface area contributed by atoms with Gasteiger partial charge in [-0.05, 0) is 31.7 Å². The molecule has 0 saturated heterocycles. The third-order valence-electron chi connectivity index (χ3n) is 2.64. The zero-order chi connectivity index (χ0) is 13.1. The molecule has 0 bridgehead atoms. The summed E-state index contributed by atoms with van der Waals surface area (Å²) in [5, 5.41) is 2.83. The second-order valence-electron chi connectivity index (χ2n) is 3.98. The molecule has 5 heteroatoms. The lowest BCUT2D eigenvalue weighted by molar-refractivity contribution is 0.512. The van der Waals surface area contributed by atoms with Gasteiger partial charge in [0.2, 0.25) is 0 Å². The standard InChI is InChI=1S/C13H13F2N3/c1-8-6-17-13(18-7-8)12(16-2)11-9(14)4-3-5-10(11)15/h3-7,12,16H,1-2H3. The van der Waals surface area contributed by atoms with E-state index in [2.05, 4.69) is 15.3 Å². The number of halogens is 2. The minimum Gasteiger partial charge on any atom is -0.307 e. The average Bonchev–Trinajstić information content (AvgIpc) is 2.35. The molecule has 2 rings (SSSR count). The molecule has 0 amide bonds. The molecule has 1 unspecified atom stereocenters. The Morgan fingerprint density at radius 1 is 1.11 bits per heavy atom. The topological polar surface area (TPSA) is 37.8 Å². The molecule has 0 spiro atoms. The fourth-order valence-corrected chi connectivity index (χ4v) is 1.74. The number of hydrogen-bond acceptors (Lipinski definition) is 3. The van der Waals surface area contributed by atoms with E-state index in [9.17, 15) is 8.78 Å². The van der Waals surface area contributed by atoms with Crippen molar-refractivity contribution in [3.63, 3.8) is 0 Å². The molecule has 3 nitrogen and oxygen atoms in total. The van der Waals surface area contributed by atoms with Crippen LogP contribution in [0.15, 0.2) is 30.6 Å². The molecule has 2 aromatic rings. The summed E-state index contributed by atoms with van der Waals surface area (Å²) in [5.41, 5.74) is 0.825. The molecule has 18 heavy (non-hydrogen) atoms. The van der Waals surface area contributed by atoms with Crippen LogP contribution < -0.4 is 5.32 Å². The van der Waals surface area contributed by atoms with Crippen LogP contribution in [-0.2, 0) is 0 Å². The van der Waals surface area contributed by atoms with E-state index in [0.29, 0.717) is 5.82 Å². The van der Waals surface area contributed by atoms with Gasteiger partial charge in [0.15, 0.2) is 0 Å². The van der Waals surface area contributed by atoms with Gasteiger partial charge in [-0.3, -0.25) is 0 Å². The Hall–Kier alpha value is -1.88. The highest BCUT2D eigenvalue weighted by Gasteiger charge is 2.22. The van der Waals surface area contributed by atoms with Gasteiger partial charge < -0.3 is 5.32 Å². The van der Waals surface area contributed by atoms with Crippen molar-refractivity contribution in [1.82, 2.24) is 15.3 Å². The second-order valence-corrected chi connectivity index (χ2v) is 3.98. The Morgan fingerprint density at radius 3 is 2.17 bits per heavy atom. The number of aromatic nitrogens is 2. The summed E-state index contributed by atoms with van der Waals surface area (Å²) in [6.07, 6.45) is 3.23. The molecule has 1 aromatic heterocycles. The largest absolute Gasteiger partial charge is 0.307 e. The van der Waals surface area contributed by atoms with Gasteiger partial charge in [-0.25, -0.2) is 18.7 Å². The first-order valence-electron chi connectivity index (χ1n) is 5.53. The van der Waals surface area contributed by atoms with Crippen LogP contribution in [0.25, 0.3) is 0 Å². The van der Waals surface area contributed by atoms with E-state index < -0.39 is 17.7 Å². The first kappa shape index (κ1) is 12.6. The van der Waals surface area contributed by atoms with Crippen LogP contribution in [0.4, 0.5) is 8.78 Å². The maximum atomic E-state index is 13.7. The number of nitrogens with zero attached hydrogens (tertiary/aromatic N) is 2. The highest BCUT2D eigenvalue weighted by Crippen LogP contribution is 2.24.